The van der Waals surface area contributed by atoms with E-state index in [2.05, 4.69) is 16.9 Å². The summed E-state index contributed by atoms with van der Waals surface area (Å²) < 4.78 is 5.71. The van der Waals surface area contributed by atoms with Crippen molar-refractivity contribution in [3.05, 3.63) is 36.0 Å². The third-order valence-electron chi connectivity index (χ3n) is 4.47. The summed E-state index contributed by atoms with van der Waals surface area (Å²) in [6.07, 6.45) is 5.19. The molecule has 2 heterocycles. The fourth-order valence-corrected chi connectivity index (χ4v) is 3.25. The number of nitrogens with one attached hydrogen (secondary N) is 1. The molecule has 22 heavy (non-hydrogen) atoms. The van der Waals surface area contributed by atoms with E-state index >= 15 is 0 Å². The molecule has 4 nitrogen and oxygen atoms in total. The highest BCUT2D eigenvalue weighted by Crippen LogP contribution is 2.23. The fourth-order valence-electron chi connectivity index (χ4n) is 3.25. The van der Waals surface area contributed by atoms with Crippen LogP contribution in [0.15, 0.2) is 30.5 Å². The lowest BCUT2D eigenvalue weighted by molar-refractivity contribution is 0.00139. The largest absolute Gasteiger partial charge is 0.457 e. The van der Waals surface area contributed by atoms with Crippen molar-refractivity contribution in [2.45, 2.75) is 38.3 Å². The number of hydrogen-bond donors (Lipinski definition) is 1. The zero-order chi connectivity index (χ0) is 14.8. The molecule has 1 saturated heterocycles. The number of nitrogens with zero attached hydrogens (tertiary/aromatic N) is 1. The molecule has 0 aliphatic carbocycles. The Morgan fingerprint density at radius 2 is 2.14 bits per heavy atom. The minimum Gasteiger partial charge on any atom is -0.457 e. The molecule has 0 saturated carbocycles. The average molecular weight is 323 g/mol. The van der Waals surface area contributed by atoms with Gasteiger partial charge >= 0.3 is 5.97 Å². The van der Waals surface area contributed by atoms with Crippen molar-refractivity contribution in [3.63, 3.8) is 0 Å². The number of aromatic amines is 1. The molecule has 1 aliphatic heterocycles. The Hall–Kier alpha value is -1.52. The fraction of sp³-hybridized carbons (Fsp3) is 0.471. The number of carbonyl (C=O) groups is 1. The van der Waals surface area contributed by atoms with Gasteiger partial charge in [0.2, 0.25) is 0 Å². The average Bonchev–Trinajstić information content (AvgIpc) is 2.91. The van der Waals surface area contributed by atoms with E-state index in [1.807, 2.05) is 31.2 Å². The number of ether oxygens (including phenoxy) is 1. The van der Waals surface area contributed by atoms with Crippen LogP contribution in [0.5, 0.6) is 0 Å². The van der Waals surface area contributed by atoms with Crippen LogP contribution < -0.4 is 0 Å². The summed E-state index contributed by atoms with van der Waals surface area (Å²) in [6.45, 7) is 3.08. The predicted molar refractivity (Wildman–Crippen MR) is 90.7 cm³/mol. The highest BCUT2D eigenvalue weighted by atomic mass is 35.5. The Morgan fingerprint density at radius 1 is 1.36 bits per heavy atom. The first kappa shape index (κ1) is 16.8. The first-order valence-corrected chi connectivity index (χ1v) is 7.64. The van der Waals surface area contributed by atoms with E-state index in [0.29, 0.717) is 11.6 Å². The number of para-hydroxylation sites is 1. The number of likely N-dealkylation sites (N-methyl/N-ethyl adjacent to an activating group) is 1. The number of hydrogen-bond acceptors (Lipinski definition) is 3. The molecule has 1 aromatic carbocycles. The number of carbonyl (C=O) groups excluding carboxylic acids is 1. The van der Waals surface area contributed by atoms with Gasteiger partial charge in [-0.05, 0) is 39.4 Å². The van der Waals surface area contributed by atoms with Crippen LogP contribution >= 0.6 is 12.4 Å². The SMILES string of the molecule is C[C@@H](OC(=O)c1c[nH]c2ccccc12)[C@H]1CCCCN1C.Cl. The van der Waals surface area contributed by atoms with Gasteiger partial charge in [0.1, 0.15) is 6.10 Å². The van der Waals surface area contributed by atoms with Crippen LogP contribution in [0.4, 0.5) is 0 Å². The second-order valence-electron chi connectivity index (χ2n) is 5.90. The summed E-state index contributed by atoms with van der Waals surface area (Å²) in [5.74, 6) is -0.237. The lowest BCUT2D eigenvalue weighted by Gasteiger charge is -2.35. The Morgan fingerprint density at radius 3 is 2.91 bits per heavy atom. The number of fused-ring (bicyclic) bond motifs is 1. The number of piperidine rings is 1. The topological polar surface area (TPSA) is 45.3 Å². The number of H-pyrrole nitrogens is 1. The maximum absolute atomic E-state index is 12.4. The predicted octanol–water partition coefficient (Wildman–Crippen LogP) is 3.62. The second-order valence-corrected chi connectivity index (χ2v) is 5.90. The van der Waals surface area contributed by atoms with E-state index in [9.17, 15) is 4.79 Å². The molecule has 0 amide bonds. The van der Waals surface area contributed by atoms with Crippen molar-refractivity contribution in [1.82, 2.24) is 9.88 Å². The quantitative estimate of drug-likeness (QED) is 0.878. The molecule has 2 aromatic rings. The second kappa shape index (κ2) is 7.16. The van der Waals surface area contributed by atoms with Crippen LogP contribution in [-0.2, 0) is 4.74 Å². The van der Waals surface area contributed by atoms with E-state index in [-0.39, 0.29) is 24.5 Å². The first-order valence-electron chi connectivity index (χ1n) is 7.64. The number of likely N-dealkylation sites (tertiary alicyclic amines) is 1. The van der Waals surface area contributed by atoms with E-state index in [0.717, 1.165) is 23.9 Å². The zero-order valence-electron chi connectivity index (χ0n) is 13.0. The van der Waals surface area contributed by atoms with Gasteiger partial charge in [0, 0.05) is 23.1 Å². The Bertz CT molecular complexity index is 640. The summed E-state index contributed by atoms with van der Waals surface area (Å²) >= 11 is 0. The molecule has 1 aliphatic rings. The molecule has 1 aromatic heterocycles. The van der Waals surface area contributed by atoms with Gasteiger partial charge in [0.15, 0.2) is 0 Å². The monoisotopic (exact) mass is 322 g/mol. The summed E-state index contributed by atoms with van der Waals surface area (Å²) in [7, 11) is 2.11. The molecule has 1 fully saturated rings. The molecule has 0 spiro atoms. The standard InChI is InChI=1S/C17H22N2O2.ClH/c1-12(16-9-5-6-10-19(16)2)21-17(20)14-11-18-15-8-4-3-7-13(14)15;/h3-4,7-8,11-12,16,18H,5-6,9-10H2,1-2H3;1H/t12-,16-;/m1./s1. The van der Waals surface area contributed by atoms with Gasteiger partial charge in [-0.2, -0.15) is 0 Å². The van der Waals surface area contributed by atoms with Crippen molar-refractivity contribution in [2.75, 3.05) is 13.6 Å². The maximum Gasteiger partial charge on any atom is 0.340 e. The van der Waals surface area contributed by atoms with Crippen molar-refractivity contribution in [3.8, 4) is 0 Å². The van der Waals surface area contributed by atoms with Gasteiger partial charge in [0.25, 0.3) is 0 Å². The van der Waals surface area contributed by atoms with Crippen LogP contribution in [0.25, 0.3) is 10.9 Å². The maximum atomic E-state index is 12.4. The number of aromatic nitrogens is 1. The zero-order valence-corrected chi connectivity index (χ0v) is 13.9. The molecule has 0 bridgehead atoms. The number of halogens is 1. The van der Waals surface area contributed by atoms with Gasteiger partial charge in [-0.1, -0.05) is 24.6 Å². The molecule has 120 valence electrons. The normalized spacial score (nSPS) is 20.4. The third-order valence-corrected chi connectivity index (χ3v) is 4.47. The third kappa shape index (κ3) is 3.28. The Kier molecular flexibility index (Phi) is 5.48. The van der Waals surface area contributed by atoms with Gasteiger partial charge in [-0.15, -0.1) is 12.4 Å². The van der Waals surface area contributed by atoms with E-state index in [1.165, 1.54) is 12.8 Å². The number of benzene rings is 1. The van der Waals surface area contributed by atoms with E-state index in [1.54, 1.807) is 6.20 Å². The Labute approximate surface area is 137 Å². The van der Waals surface area contributed by atoms with Crippen molar-refractivity contribution < 1.29 is 9.53 Å². The smallest absolute Gasteiger partial charge is 0.340 e. The van der Waals surface area contributed by atoms with Crippen LogP contribution in [0.1, 0.15) is 36.5 Å². The van der Waals surface area contributed by atoms with Crippen LogP contribution in [0.2, 0.25) is 0 Å². The first-order chi connectivity index (χ1) is 10.2. The molecular formula is C17H23ClN2O2. The highest BCUT2D eigenvalue weighted by Gasteiger charge is 2.28. The van der Waals surface area contributed by atoms with Crippen molar-refractivity contribution in [1.29, 1.82) is 0 Å². The van der Waals surface area contributed by atoms with Crippen molar-refractivity contribution >= 4 is 29.3 Å². The van der Waals surface area contributed by atoms with Crippen LogP contribution in [-0.4, -0.2) is 41.6 Å². The minimum absolute atomic E-state index is 0. The molecule has 2 atom stereocenters. The molecule has 1 N–H and O–H groups in total. The van der Waals surface area contributed by atoms with E-state index in [4.69, 9.17) is 4.74 Å². The number of esters is 1. The van der Waals surface area contributed by atoms with Gasteiger partial charge in [-0.3, -0.25) is 4.90 Å². The van der Waals surface area contributed by atoms with Crippen molar-refractivity contribution in [2.24, 2.45) is 0 Å². The van der Waals surface area contributed by atoms with Gasteiger partial charge in [-0.25, -0.2) is 4.79 Å². The lowest BCUT2D eigenvalue weighted by atomic mass is 9.99. The van der Waals surface area contributed by atoms with Gasteiger partial charge < -0.3 is 9.72 Å². The molecular weight excluding hydrogens is 300 g/mol. The summed E-state index contributed by atoms with van der Waals surface area (Å²) in [5.41, 5.74) is 1.59. The molecule has 5 heteroatoms. The van der Waals surface area contributed by atoms with E-state index < -0.39 is 0 Å². The molecule has 0 unspecified atom stereocenters. The van der Waals surface area contributed by atoms with Gasteiger partial charge in [0.05, 0.1) is 5.56 Å². The highest BCUT2D eigenvalue weighted by molar-refractivity contribution is 6.04. The minimum atomic E-state index is -0.237. The van der Waals surface area contributed by atoms with Crippen LogP contribution in [0.3, 0.4) is 0 Å². The van der Waals surface area contributed by atoms with Crippen LogP contribution in [0, 0.1) is 0 Å². The summed E-state index contributed by atoms with van der Waals surface area (Å²) in [4.78, 5) is 17.8. The number of rotatable bonds is 3. The lowest BCUT2D eigenvalue weighted by Crippen LogP contribution is -2.44. The summed E-state index contributed by atoms with van der Waals surface area (Å²) in [5, 5.41) is 0.923. The molecule has 3 rings (SSSR count). The Balaban J connectivity index is 0.00000176. The summed E-state index contributed by atoms with van der Waals surface area (Å²) in [6, 6.07) is 8.12. The molecule has 0 radical (unpaired) electrons.